The molecule has 2 rings (SSSR count). The van der Waals surface area contributed by atoms with E-state index in [0.29, 0.717) is 23.6 Å². The highest BCUT2D eigenvalue weighted by atomic mass is 32.2. The van der Waals surface area contributed by atoms with Gasteiger partial charge in [0.15, 0.2) is 0 Å². The summed E-state index contributed by atoms with van der Waals surface area (Å²) in [6.45, 7) is 2.32. The first-order chi connectivity index (χ1) is 8.70. The Morgan fingerprint density at radius 1 is 1.33 bits per heavy atom. The van der Waals surface area contributed by atoms with Gasteiger partial charge in [-0.2, -0.15) is 0 Å². The molecular formula is C12H17N3O2S. The van der Waals surface area contributed by atoms with E-state index in [9.17, 15) is 9.00 Å². The van der Waals surface area contributed by atoms with Gasteiger partial charge in [-0.15, -0.1) is 0 Å². The summed E-state index contributed by atoms with van der Waals surface area (Å²) >= 11 is 0. The second-order valence-electron chi connectivity index (χ2n) is 4.25. The fourth-order valence-corrected chi connectivity index (χ4v) is 3.16. The fraction of sp³-hybridized carbons (Fsp3) is 0.417. The lowest BCUT2D eigenvalue weighted by atomic mass is 10.1. The predicted octanol–water partition coefficient (Wildman–Crippen LogP) is -0.146. The predicted molar refractivity (Wildman–Crippen MR) is 71.2 cm³/mol. The van der Waals surface area contributed by atoms with E-state index in [4.69, 9.17) is 5.84 Å². The highest BCUT2D eigenvalue weighted by Crippen LogP contribution is 2.13. The molecule has 0 atom stereocenters. The van der Waals surface area contributed by atoms with Crippen LogP contribution in [0.1, 0.15) is 15.9 Å². The van der Waals surface area contributed by atoms with Gasteiger partial charge in [-0.3, -0.25) is 19.3 Å². The van der Waals surface area contributed by atoms with Crippen LogP contribution in [0.3, 0.4) is 0 Å². The number of benzene rings is 1. The number of hydrazine groups is 1. The number of carbonyl (C=O) groups is 1. The molecule has 1 aromatic carbocycles. The molecule has 1 fully saturated rings. The second-order valence-corrected chi connectivity index (χ2v) is 5.95. The number of carbonyl (C=O) groups excluding carboxylic acids is 1. The molecular weight excluding hydrogens is 250 g/mol. The molecule has 1 amide bonds. The van der Waals surface area contributed by atoms with Crippen molar-refractivity contribution < 1.29 is 9.00 Å². The van der Waals surface area contributed by atoms with Gasteiger partial charge in [-0.25, -0.2) is 5.84 Å². The van der Waals surface area contributed by atoms with Crippen molar-refractivity contribution in [3.8, 4) is 0 Å². The van der Waals surface area contributed by atoms with Gasteiger partial charge >= 0.3 is 0 Å². The summed E-state index contributed by atoms with van der Waals surface area (Å²) in [7, 11) is -0.676. The van der Waals surface area contributed by atoms with E-state index in [1.165, 1.54) is 0 Å². The van der Waals surface area contributed by atoms with Crippen LogP contribution in [0, 0.1) is 0 Å². The third-order valence-electron chi connectivity index (χ3n) is 3.06. The SMILES string of the molecule is NNC(=O)c1ccccc1CN1CCS(=O)CC1. The zero-order valence-electron chi connectivity index (χ0n) is 10.1. The topological polar surface area (TPSA) is 75.4 Å². The maximum absolute atomic E-state index is 11.6. The molecule has 18 heavy (non-hydrogen) atoms. The summed E-state index contributed by atoms with van der Waals surface area (Å²) in [5, 5.41) is 0. The highest BCUT2D eigenvalue weighted by molar-refractivity contribution is 7.85. The molecule has 0 bridgehead atoms. The van der Waals surface area contributed by atoms with Crippen LogP contribution in [0.5, 0.6) is 0 Å². The van der Waals surface area contributed by atoms with Crippen LogP contribution in [0.4, 0.5) is 0 Å². The zero-order chi connectivity index (χ0) is 13.0. The summed E-state index contributed by atoms with van der Waals surface area (Å²) in [4.78, 5) is 13.8. The van der Waals surface area contributed by atoms with Gasteiger partial charge in [0.1, 0.15) is 0 Å². The Balaban J connectivity index is 2.09. The maximum atomic E-state index is 11.6. The van der Waals surface area contributed by atoms with Crippen molar-refractivity contribution in [3.05, 3.63) is 35.4 Å². The third kappa shape index (κ3) is 3.16. The number of hydrogen-bond donors (Lipinski definition) is 2. The van der Waals surface area contributed by atoms with E-state index in [1.807, 2.05) is 18.2 Å². The quantitative estimate of drug-likeness (QED) is 0.454. The lowest BCUT2D eigenvalue weighted by Gasteiger charge is -2.26. The van der Waals surface area contributed by atoms with Crippen molar-refractivity contribution in [1.29, 1.82) is 0 Å². The van der Waals surface area contributed by atoms with Gasteiger partial charge < -0.3 is 0 Å². The molecule has 1 heterocycles. The van der Waals surface area contributed by atoms with Crippen molar-refractivity contribution in [3.63, 3.8) is 0 Å². The van der Waals surface area contributed by atoms with Crippen LogP contribution in [-0.2, 0) is 17.3 Å². The van der Waals surface area contributed by atoms with E-state index in [2.05, 4.69) is 10.3 Å². The standard InChI is InChI=1S/C12H17N3O2S/c13-14-12(16)11-4-2-1-3-10(11)9-15-5-7-18(17)8-6-15/h1-4H,5-9,13H2,(H,14,16). The molecule has 98 valence electrons. The summed E-state index contributed by atoms with van der Waals surface area (Å²) < 4.78 is 11.3. The van der Waals surface area contributed by atoms with Gasteiger partial charge in [0.25, 0.3) is 5.91 Å². The highest BCUT2D eigenvalue weighted by Gasteiger charge is 2.17. The van der Waals surface area contributed by atoms with Gasteiger partial charge in [-0.05, 0) is 11.6 Å². The minimum atomic E-state index is -0.676. The molecule has 6 heteroatoms. The van der Waals surface area contributed by atoms with E-state index in [1.54, 1.807) is 6.07 Å². The molecule has 1 aliphatic heterocycles. The van der Waals surface area contributed by atoms with Crippen molar-refractivity contribution in [2.45, 2.75) is 6.54 Å². The van der Waals surface area contributed by atoms with Crippen LogP contribution in [0.15, 0.2) is 24.3 Å². The number of nitrogens with zero attached hydrogens (tertiary/aromatic N) is 1. The van der Waals surface area contributed by atoms with Crippen molar-refractivity contribution in [1.82, 2.24) is 10.3 Å². The van der Waals surface area contributed by atoms with E-state index < -0.39 is 10.8 Å². The molecule has 0 unspecified atom stereocenters. The van der Waals surface area contributed by atoms with Crippen LogP contribution in [0.2, 0.25) is 0 Å². The molecule has 0 saturated carbocycles. The Labute approximate surface area is 109 Å². The van der Waals surface area contributed by atoms with Gasteiger partial charge in [0.2, 0.25) is 0 Å². The van der Waals surface area contributed by atoms with Crippen molar-refractivity contribution in [2.24, 2.45) is 5.84 Å². The summed E-state index contributed by atoms with van der Waals surface area (Å²) in [6, 6.07) is 7.42. The lowest BCUT2D eigenvalue weighted by Crippen LogP contribution is -2.38. The van der Waals surface area contributed by atoms with Crippen LogP contribution < -0.4 is 11.3 Å². The normalized spacial score (nSPS) is 17.6. The first kappa shape index (κ1) is 13.2. The van der Waals surface area contributed by atoms with Crippen molar-refractivity contribution >= 4 is 16.7 Å². The molecule has 0 radical (unpaired) electrons. The van der Waals surface area contributed by atoms with Gasteiger partial charge in [0.05, 0.1) is 0 Å². The largest absolute Gasteiger partial charge is 0.297 e. The summed E-state index contributed by atoms with van der Waals surface area (Å²) in [5.74, 6) is 6.33. The monoisotopic (exact) mass is 267 g/mol. The Bertz CT molecular complexity index is 454. The first-order valence-electron chi connectivity index (χ1n) is 5.87. The van der Waals surface area contributed by atoms with E-state index >= 15 is 0 Å². The number of nitrogen functional groups attached to an aromatic ring is 1. The Kier molecular flexibility index (Phi) is 4.46. The fourth-order valence-electron chi connectivity index (χ4n) is 2.03. The molecule has 1 aliphatic rings. The number of amides is 1. The van der Waals surface area contributed by atoms with Gasteiger partial charge in [0, 0.05) is 47.5 Å². The molecule has 0 aliphatic carbocycles. The molecule has 5 nitrogen and oxygen atoms in total. The smallest absolute Gasteiger partial charge is 0.265 e. The van der Waals surface area contributed by atoms with Crippen LogP contribution in [0.25, 0.3) is 0 Å². The number of rotatable bonds is 3. The molecule has 0 aromatic heterocycles. The molecule has 3 N–H and O–H groups in total. The minimum Gasteiger partial charge on any atom is -0.297 e. The van der Waals surface area contributed by atoms with Gasteiger partial charge in [-0.1, -0.05) is 18.2 Å². The Morgan fingerprint density at radius 3 is 2.67 bits per heavy atom. The number of nitrogens with two attached hydrogens (primary N) is 1. The second kappa shape index (κ2) is 6.08. The first-order valence-corrected chi connectivity index (χ1v) is 7.35. The number of hydrogen-bond acceptors (Lipinski definition) is 4. The maximum Gasteiger partial charge on any atom is 0.265 e. The lowest BCUT2D eigenvalue weighted by molar-refractivity contribution is 0.0951. The summed E-state index contributed by atoms with van der Waals surface area (Å²) in [5.41, 5.74) is 3.72. The van der Waals surface area contributed by atoms with Crippen LogP contribution >= 0.6 is 0 Å². The Morgan fingerprint density at radius 2 is 2.00 bits per heavy atom. The molecule has 0 spiro atoms. The van der Waals surface area contributed by atoms with E-state index in [-0.39, 0.29) is 5.91 Å². The van der Waals surface area contributed by atoms with Crippen LogP contribution in [-0.4, -0.2) is 39.6 Å². The number of nitrogens with one attached hydrogen (secondary N) is 1. The van der Waals surface area contributed by atoms with E-state index in [0.717, 1.165) is 18.7 Å². The molecule has 1 aromatic rings. The summed E-state index contributed by atoms with van der Waals surface area (Å²) in [6.07, 6.45) is 0. The Hall–Kier alpha value is -1.24. The van der Waals surface area contributed by atoms with Crippen molar-refractivity contribution in [2.75, 3.05) is 24.6 Å². The molecule has 1 saturated heterocycles. The average Bonchev–Trinajstić information content (AvgIpc) is 2.41. The zero-order valence-corrected chi connectivity index (χ0v) is 10.9. The minimum absolute atomic E-state index is 0.272. The third-order valence-corrected chi connectivity index (χ3v) is 4.33. The average molecular weight is 267 g/mol.